The van der Waals surface area contributed by atoms with Gasteiger partial charge in [0.05, 0.1) is 25.0 Å². The quantitative estimate of drug-likeness (QED) is 0.506. The molecule has 0 N–H and O–H groups in total. The lowest BCUT2D eigenvalue weighted by Crippen LogP contribution is -2.30. The second kappa shape index (κ2) is 9.78. The Morgan fingerprint density at radius 2 is 1.35 bits per heavy atom. The fourth-order valence-electron chi connectivity index (χ4n) is 2.49. The van der Waals surface area contributed by atoms with E-state index in [9.17, 15) is 9.59 Å². The van der Waals surface area contributed by atoms with Gasteiger partial charge in [0, 0.05) is 0 Å². The Bertz CT molecular complexity index is 273. The van der Waals surface area contributed by atoms with E-state index in [0.29, 0.717) is 19.6 Å². The molecule has 116 valence electrons. The first-order valence-electron chi connectivity index (χ1n) is 8.02. The molecule has 1 aliphatic carbocycles. The molecule has 1 fully saturated rings. The Kier molecular flexibility index (Phi) is 8.31. The largest absolute Gasteiger partial charge is 0.465 e. The normalized spacial score (nSPS) is 22.3. The van der Waals surface area contributed by atoms with Crippen molar-refractivity contribution < 1.29 is 19.1 Å². The third-order valence-electron chi connectivity index (χ3n) is 3.83. The van der Waals surface area contributed by atoms with Crippen molar-refractivity contribution >= 4 is 11.9 Å². The van der Waals surface area contributed by atoms with Gasteiger partial charge in [-0.25, -0.2) is 0 Å². The number of hydrogen-bond donors (Lipinski definition) is 0. The van der Waals surface area contributed by atoms with Crippen molar-refractivity contribution in [2.45, 2.75) is 65.2 Å². The van der Waals surface area contributed by atoms with E-state index in [0.717, 1.165) is 44.9 Å². The molecule has 1 saturated carbocycles. The fraction of sp³-hybridized carbons (Fsp3) is 0.875. The Morgan fingerprint density at radius 1 is 0.900 bits per heavy atom. The Balaban J connectivity index is 2.33. The predicted molar refractivity (Wildman–Crippen MR) is 77.2 cm³/mol. The van der Waals surface area contributed by atoms with Gasteiger partial charge in [0.2, 0.25) is 0 Å². The Morgan fingerprint density at radius 3 is 1.75 bits per heavy atom. The van der Waals surface area contributed by atoms with Crippen molar-refractivity contribution in [2.24, 2.45) is 11.8 Å². The molecule has 2 atom stereocenters. The van der Waals surface area contributed by atoms with Crippen molar-refractivity contribution in [3.63, 3.8) is 0 Å². The van der Waals surface area contributed by atoms with Crippen molar-refractivity contribution in [3.8, 4) is 0 Å². The molecule has 20 heavy (non-hydrogen) atoms. The van der Waals surface area contributed by atoms with Crippen molar-refractivity contribution in [1.29, 1.82) is 0 Å². The average Bonchev–Trinajstić information content (AvgIpc) is 2.47. The topological polar surface area (TPSA) is 52.6 Å². The molecule has 0 aromatic heterocycles. The first kappa shape index (κ1) is 17.0. The van der Waals surface area contributed by atoms with Gasteiger partial charge >= 0.3 is 11.9 Å². The molecule has 0 amide bonds. The van der Waals surface area contributed by atoms with Crippen LogP contribution in [0.25, 0.3) is 0 Å². The SMILES string of the molecule is CCCCOC(=O)[C@@H]1CCC[C@H](C(=O)OCCCC)C1. The maximum absolute atomic E-state index is 11.9. The van der Waals surface area contributed by atoms with Crippen LogP contribution in [0.5, 0.6) is 0 Å². The zero-order chi connectivity index (χ0) is 14.8. The molecule has 4 heteroatoms. The molecule has 0 heterocycles. The lowest BCUT2D eigenvalue weighted by molar-refractivity contribution is -0.155. The highest BCUT2D eigenvalue weighted by atomic mass is 16.5. The predicted octanol–water partition coefficient (Wildman–Crippen LogP) is 3.48. The number of ether oxygens (including phenoxy) is 2. The Hall–Kier alpha value is -1.06. The summed E-state index contributed by atoms with van der Waals surface area (Å²) in [4.78, 5) is 23.9. The van der Waals surface area contributed by atoms with Gasteiger partial charge in [-0.15, -0.1) is 0 Å². The lowest BCUT2D eigenvalue weighted by Gasteiger charge is -2.26. The number of rotatable bonds is 8. The zero-order valence-electron chi connectivity index (χ0n) is 12.9. The average molecular weight is 284 g/mol. The molecule has 0 bridgehead atoms. The van der Waals surface area contributed by atoms with E-state index in [4.69, 9.17) is 9.47 Å². The smallest absolute Gasteiger partial charge is 0.308 e. The maximum Gasteiger partial charge on any atom is 0.308 e. The summed E-state index contributed by atoms with van der Waals surface area (Å²) in [6.07, 6.45) is 7.01. The van der Waals surface area contributed by atoms with Gasteiger partial charge in [-0.05, 0) is 32.1 Å². The molecule has 1 rings (SSSR count). The minimum Gasteiger partial charge on any atom is -0.465 e. The highest BCUT2D eigenvalue weighted by Gasteiger charge is 2.32. The molecule has 4 nitrogen and oxygen atoms in total. The first-order chi connectivity index (χ1) is 9.69. The van der Waals surface area contributed by atoms with Crippen LogP contribution < -0.4 is 0 Å². The van der Waals surface area contributed by atoms with Crippen LogP contribution in [-0.4, -0.2) is 25.2 Å². The number of carbonyl (C=O) groups excluding carboxylic acids is 2. The second-order valence-electron chi connectivity index (χ2n) is 5.60. The minimum atomic E-state index is -0.135. The number of carbonyl (C=O) groups is 2. The van der Waals surface area contributed by atoms with E-state index in [1.165, 1.54) is 0 Å². The van der Waals surface area contributed by atoms with E-state index in [1.807, 2.05) is 0 Å². The van der Waals surface area contributed by atoms with E-state index in [2.05, 4.69) is 13.8 Å². The van der Waals surface area contributed by atoms with Gasteiger partial charge in [-0.2, -0.15) is 0 Å². The highest BCUT2D eigenvalue weighted by Crippen LogP contribution is 2.30. The van der Waals surface area contributed by atoms with Crippen LogP contribution in [0.2, 0.25) is 0 Å². The van der Waals surface area contributed by atoms with Crippen LogP contribution in [0.3, 0.4) is 0 Å². The van der Waals surface area contributed by atoms with E-state index < -0.39 is 0 Å². The number of hydrogen-bond acceptors (Lipinski definition) is 4. The molecule has 0 aromatic rings. The highest BCUT2D eigenvalue weighted by molar-refractivity contribution is 5.76. The third-order valence-corrected chi connectivity index (χ3v) is 3.83. The number of unbranched alkanes of at least 4 members (excludes halogenated alkanes) is 2. The molecule has 0 radical (unpaired) electrons. The summed E-state index contributed by atoms with van der Waals surface area (Å²) in [5.74, 6) is -0.511. The lowest BCUT2D eigenvalue weighted by atomic mass is 9.81. The van der Waals surface area contributed by atoms with Crippen LogP contribution in [-0.2, 0) is 19.1 Å². The van der Waals surface area contributed by atoms with Gasteiger partial charge < -0.3 is 9.47 Å². The van der Waals surface area contributed by atoms with E-state index >= 15 is 0 Å². The third kappa shape index (κ3) is 5.93. The van der Waals surface area contributed by atoms with Gasteiger partial charge in [0.25, 0.3) is 0 Å². The molecule has 0 spiro atoms. The van der Waals surface area contributed by atoms with Gasteiger partial charge in [0.15, 0.2) is 0 Å². The van der Waals surface area contributed by atoms with Crippen molar-refractivity contribution in [2.75, 3.05) is 13.2 Å². The molecule has 0 aliphatic heterocycles. The summed E-state index contributed by atoms with van der Waals surface area (Å²) in [7, 11) is 0. The maximum atomic E-state index is 11.9. The molecule has 0 saturated heterocycles. The summed E-state index contributed by atoms with van der Waals surface area (Å²) in [5, 5.41) is 0. The first-order valence-corrected chi connectivity index (χ1v) is 8.02. The summed E-state index contributed by atoms with van der Waals surface area (Å²) in [6.45, 7) is 5.13. The minimum absolute atomic E-state index is 0.121. The summed E-state index contributed by atoms with van der Waals surface area (Å²) >= 11 is 0. The monoisotopic (exact) mass is 284 g/mol. The van der Waals surface area contributed by atoms with Crippen LogP contribution in [0.15, 0.2) is 0 Å². The van der Waals surface area contributed by atoms with Crippen LogP contribution in [0, 0.1) is 11.8 Å². The van der Waals surface area contributed by atoms with Crippen molar-refractivity contribution in [3.05, 3.63) is 0 Å². The van der Waals surface area contributed by atoms with Crippen LogP contribution in [0.1, 0.15) is 65.2 Å². The second-order valence-corrected chi connectivity index (χ2v) is 5.60. The summed E-state index contributed by atoms with van der Waals surface area (Å²) in [6, 6.07) is 0. The summed E-state index contributed by atoms with van der Waals surface area (Å²) < 4.78 is 10.5. The molecular weight excluding hydrogens is 256 g/mol. The van der Waals surface area contributed by atoms with Gasteiger partial charge in [-0.1, -0.05) is 33.1 Å². The zero-order valence-corrected chi connectivity index (χ0v) is 12.9. The van der Waals surface area contributed by atoms with Crippen LogP contribution >= 0.6 is 0 Å². The standard InChI is InChI=1S/C16H28O4/c1-3-5-10-19-15(17)13-8-7-9-14(12-13)16(18)20-11-6-4-2/h13-14H,3-12H2,1-2H3/t13-,14+. The molecule has 0 aromatic carbocycles. The van der Waals surface area contributed by atoms with Gasteiger partial charge in [0.1, 0.15) is 0 Å². The molecule has 1 aliphatic rings. The fourth-order valence-corrected chi connectivity index (χ4v) is 2.49. The number of esters is 2. The Labute approximate surface area is 122 Å². The van der Waals surface area contributed by atoms with E-state index in [-0.39, 0.29) is 23.8 Å². The van der Waals surface area contributed by atoms with E-state index in [1.54, 1.807) is 0 Å². The molecule has 0 unspecified atom stereocenters. The summed E-state index contributed by atoms with van der Waals surface area (Å²) in [5.41, 5.74) is 0. The van der Waals surface area contributed by atoms with Gasteiger partial charge in [-0.3, -0.25) is 9.59 Å². The van der Waals surface area contributed by atoms with Crippen molar-refractivity contribution in [1.82, 2.24) is 0 Å². The molecular formula is C16H28O4. The van der Waals surface area contributed by atoms with Crippen LogP contribution in [0.4, 0.5) is 0 Å².